The zero-order valence-electron chi connectivity index (χ0n) is 17.8. The van der Waals surface area contributed by atoms with E-state index in [1.165, 1.54) is 18.5 Å². The summed E-state index contributed by atoms with van der Waals surface area (Å²) in [4.78, 5) is 19.8. The fraction of sp³-hybridized carbons (Fsp3) is 0.571. The lowest BCUT2D eigenvalue weighted by atomic mass is 10.1. The second kappa shape index (κ2) is 10.7. The molecular weight excluding hydrogens is 429 g/mol. The first-order chi connectivity index (χ1) is 15.3. The fourth-order valence-corrected chi connectivity index (χ4v) is 3.43. The number of ether oxygens (including phenoxy) is 2. The molecule has 0 bridgehead atoms. The van der Waals surface area contributed by atoms with Crippen LogP contribution < -0.4 is 9.64 Å². The van der Waals surface area contributed by atoms with Crippen LogP contribution in [0.2, 0.25) is 0 Å². The molecule has 0 amide bonds. The predicted octanol–water partition coefficient (Wildman–Crippen LogP) is 3.37. The van der Waals surface area contributed by atoms with Crippen LogP contribution >= 0.6 is 0 Å². The second-order valence-corrected chi connectivity index (χ2v) is 7.93. The minimum Gasteiger partial charge on any atom is -0.481 e. The lowest BCUT2D eigenvalue weighted by molar-refractivity contribution is -0.192. The second-order valence-electron chi connectivity index (χ2n) is 7.93. The Morgan fingerprint density at radius 2 is 2.00 bits per heavy atom. The maximum atomic E-state index is 10.6. The van der Waals surface area contributed by atoms with E-state index in [0.29, 0.717) is 11.8 Å². The number of halogens is 3. The highest BCUT2D eigenvalue weighted by Crippen LogP contribution is 2.29. The van der Waals surface area contributed by atoms with Gasteiger partial charge in [0.25, 0.3) is 0 Å². The van der Waals surface area contributed by atoms with Crippen LogP contribution in [-0.2, 0) is 22.6 Å². The summed E-state index contributed by atoms with van der Waals surface area (Å²) in [5.41, 5.74) is 1.32. The molecule has 2 aromatic heterocycles. The Labute approximate surface area is 184 Å². The summed E-state index contributed by atoms with van der Waals surface area (Å²) in [6.45, 7) is 4.64. The van der Waals surface area contributed by atoms with Crippen molar-refractivity contribution in [3.63, 3.8) is 0 Å². The smallest absolute Gasteiger partial charge is 0.481 e. The van der Waals surface area contributed by atoms with Gasteiger partial charge in [0.05, 0.1) is 13.7 Å². The van der Waals surface area contributed by atoms with Gasteiger partial charge in [-0.2, -0.15) is 13.2 Å². The van der Waals surface area contributed by atoms with E-state index in [9.17, 15) is 13.2 Å². The van der Waals surface area contributed by atoms with Crippen LogP contribution in [0.15, 0.2) is 30.7 Å². The summed E-state index contributed by atoms with van der Waals surface area (Å²) in [6.07, 6.45) is 2.44. The van der Waals surface area contributed by atoms with Crippen LogP contribution in [0.5, 0.6) is 5.88 Å². The number of aliphatic carboxylic acids is 1. The Bertz CT molecular complexity index is 886. The van der Waals surface area contributed by atoms with E-state index >= 15 is 0 Å². The summed E-state index contributed by atoms with van der Waals surface area (Å²) in [5.74, 6) is 0.135. The molecule has 11 heteroatoms. The molecule has 176 valence electrons. The van der Waals surface area contributed by atoms with Gasteiger partial charge in [0.15, 0.2) is 0 Å². The minimum atomic E-state index is -5.08. The van der Waals surface area contributed by atoms with Gasteiger partial charge in [0.1, 0.15) is 12.1 Å². The van der Waals surface area contributed by atoms with Gasteiger partial charge in [0, 0.05) is 44.3 Å². The molecule has 2 aromatic rings. The molecule has 0 spiro atoms. The van der Waals surface area contributed by atoms with Crippen molar-refractivity contribution in [2.75, 3.05) is 31.8 Å². The lowest BCUT2D eigenvalue weighted by Crippen LogP contribution is -2.29. The van der Waals surface area contributed by atoms with E-state index in [2.05, 4.69) is 37.8 Å². The van der Waals surface area contributed by atoms with Crippen LogP contribution in [0, 0.1) is 11.8 Å². The predicted molar refractivity (Wildman–Crippen MR) is 109 cm³/mol. The molecule has 1 aliphatic carbocycles. The summed E-state index contributed by atoms with van der Waals surface area (Å²) in [5, 5.41) is 7.12. The van der Waals surface area contributed by atoms with E-state index in [1.807, 2.05) is 6.07 Å². The molecule has 2 aliphatic rings. The van der Waals surface area contributed by atoms with Crippen molar-refractivity contribution in [2.24, 2.45) is 11.8 Å². The minimum absolute atomic E-state index is 0.536. The lowest BCUT2D eigenvalue weighted by Gasteiger charge is -2.25. The maximum Gasteiger partial charge on any atom is 0.490 e. The van der Waals surface area contributed by atoms with Crippen molar-refractivity contribution in [1.29, 1.82) is 0 Å². The van der Waals surface area contributed by atoms with Crippen molar-refractivity contribution in [3.8, 4) is 5.88 Å². The number of anilines is 1. The number of nitrogens with zero attached hydrogens (tertiary/aromatic N) is 4. The largest absolute Gasteiger partial charge is 0.490 e. The molecule has 1 aliphatic heterocycles. The van der Waals surface area contributed by atoms with E-state index < -0.39 is 12.1 Å². The van der Waals surface area contributed by atoms with Gasteiger partial charge in [-0.1, -0.05) is 0 Å². The van der Waals surface area contributed by atoms with Crippen LogP contribution in [-0.4, -0.2) is 58.7 Å². The number of hydrogen-bond acceptors (Lipinski definition) is 6. The standard InChI is InChI=1S/C19H26N4O2.C2HF3O2/c1-24-19-9-18(20-14-21-19)23-11-16(6-8-25-13-15-4-5-15)10-22-7-2-3-17(22)12-23;3-2(4,5)1(6)7/h2-3,7,9,14-16H,4-6,8,10-13H2,1H3;(H,6,7). The number of carboxylic acids is 1. The molecule has 8 nitrogen and oxygen atoms in total. The van der Waals surface area contributed by atoms with E-state index in [4.69, 9.17) is 19.4 Å². The highest BCUT2D eigenvalue weighted by molar-refractivity contribution is 5.73. The van der Waals surface area contributed by atoms with Gasteiger partial charge in [-0.3, -0.25) is 0 Å². The van der Waals surface area contributed by atoms with Crippen LogP contribution in [0.25, 0.3) is 0 Å². The SMILES string of the molecule is COc1cc(N2Cc3cccn3CC(CCOCC3CC3)C2)ncn1.O=C(O)C(F)(F)F. The average molecular weight is 456 g/mol. The van der Waals surface area contributed by atoms with Crippen LogP contribution in [0.1, 0.15) is 25.0 Å². The number of carbonyl (C=O) groups is 1. The number of methoxy groups -OCH3 is 1. The summed E-state index contributed by atoms with van der Waals surface area (Å²) >= 11 is 0. The van der Waals surface area contributed by atoms with E-state index in [0.717, 1.165) is 51.0 Å². The first-order valence-corrected chi connectivity index (χ1v) is 10.4. The Morgan fingerprint density at radius 1 is 1.25 bits per heavy atom. The van der Waals surface area contributed by atoms with E-state index in [1.54, 1.807) is 13.4 Å². The monoisotopic (exact) mass is 456 g/mol. The zero-order valence-corrected chi connectivity index (χ0v) is 17.8. The maximum absolute atomic E-state index is 10.6. The molecule has 1 N–H and O–H groups in total. The third-order valence-corrected chi connectivity index (χ3v) is 5.33. The van der Waals surface area contributed by atoms with Crippen molar-refractivity contribution in [3.05, 3.63) is 36.4 Å². The Balaban J connectivity index is 0.000000360. The zero-order chi connectivity index (χ0) is 23.1. The Kier molecular flexibility index (Phi) is 7.94. The summed E-state index contributed by atoms with van der Waals surface area (Å²) in [7, 11) is 1.64. The number of aromatic nitrogens is 3. The highest BCUT2D eigenvalue weighted by atomic mass is 19.4. The molecule has 0 saturated heterocycles. The highest BCUT2D eigenvalue weighted by Gasteiger charge is 2.38. The first kappa shape index (κ1) is 23.8. The van der Waals surface area contributed by atoms with Crippen molar-refractivity contribution >= 4 is 11.8 Å². The first-order valence-electron chi connectivity index (χ1n) is 10.4. The van der Waals surface area contributed by atoms with Gasteiger partial charge in [0.2, 0.25) is 5.88 Å². The quantitative estimate of drug-likeness (QED) is 0.639. The average Bonchev–Trinajstić information content (AvgIpc) is 3.52. The van der Waals surface area contributed by atoms with Crippen molar-refractivity contribution in [2.45, 2.75) is 38.5 Å². The topological polar surface area (TPSA) is 89.7 Å². The Morgan fingerprint density at radius 3 is 2.66 bits per heavy atom. The normalized spacial score (nSPS) is 18.2. The van der Waals surface area contributed by atoms with E-state index in [-0.39, 0.29) is 0 Å². The number of fused-ring (bicyclic) bond motifs is 1. The molecule has 1 unspecified atom stereocenters. The third kappa shape index (κ3) is 7.11. The van der Waals surface area contributed by atoms with Gasteiger partial charge in [-0.25, -0.2) is 14.8 Å². The van der Waals surface area contributed by atoms with Gasteiger partial charge >= 0.3 is 12.1 Å². The molecule has 4 rings (SSSR count). The Hall–Kier alpha value is -2.82. The van der Waals surface area contributed by atoms with Gasteiger partial charge < -0.3 is 24.0 Å². The number of rotatable bonds is 7. The van der Waals surface area contributed by atoms with Gasteiger partial charge in [-0.05, 0) is 43.2 Å². The number of hydrogen-bond donors (Lipinski definition) is 1. The van der Waals surface area contributed by atoms with Crippen molar-refractivity contribution < 1.29 is 32.5 Å². The third-order valence-electron chi connectivity index (χ3n) is 5.33. The van der Waals surface area contributed by atoms with Crippen LogP contribution in [0.3, 0.4) is 0 Å². The summed E-state index contributed by atoms with van der Waals surface area (Å²) < 4.78 is 45.2. The summed E-state index contributed by atoms with van der Waals surface area (Å²) in [6, 6.07) is 6.23. The molecule has 3 heterocycles. The molecule has 1 saturated carbocycles. The fourth-order valence-electron chi connectivity index (χ4n) is 3.43. The molecule has 0 radical (unpaired) electrons. The molecule has 1 atom stereocenters. The molecule has 1 fully saturated rings. The van der Waals surface area contributed by atoms with Crippen molar-refractivity contribution in [1.82, 2.24) is 14.5 Å². The molecule has 32 heavy (non-hydrogen) atoms. The number of alkyl halides is 3. The molecule has 0 aromatic carbocycles. The van der Waals surface area contributed by atoms with Gasteiger partial charge in [-0.15, -0.1) is 0 Å². The molecular formula is C21H27F3N4O4. The number of carboxylic acid groups (broad SMARTS) is 1. The van der Waals surface area contributed by atoms with Crippen LogP contribution in [0.4, 0.5) is 19.0 Å².